The third-order valence-electron chi connectivity index (χ3n) is 2.11. The molecule has 2 N–H and O–H groups in total. The van der Waals surface area contributed by atoms with Crippen LogP contribution < -0.4 is 10.5 Å². The summed E-state index contributed by atoms with van der Waals surface area (Å²) < 4.78 is 18.8. The van der Waals surface area contributed by atoms with Gasteiger partial charge in [0, 0.05) is 0 Å². The van der Waals surface area contributed by atoms with Crippen molar-refractivity contribution in [2.45, 2.75) is 6.61 Å². The maximum Gasteiger partial charge on any atom is 0.258 e. The maximum atomic E-state index is 13.4. The molecule has 17 heavy (non-hydrogen) atoms. The molecule has 0 saturated heterocycles. The molecule has 0 radical (unpaired) electrons. The van der Waals surface area contributed by atoms with Crippen LogP contribution in [-0.2, 0) is 6.61 Å². The van der Waals surface area contributed by atoms with Crippen LogP contribution in [0, 0.1) is 5.82 Å². The minimum atomic E-state index is -0.625. The Morgan fingerprint density at radius 3 is 2.65 bits per heavy atom. The molecule has 0 aliphatic carbocycles. The number of rotatable bonds is 4. The van der Waals surface area contributed by atoms with Crippen LogP contribution in [-0.4, -0.2) is 5.91 Å². The molecule has 88 valence electrons. The van der Waals surface area contributed by atoms with Crippen LogP contribution in [0.25, 0.3) is 0 Å². The Bertz CT molecular complexity index is 525. The van der Waals surface area contributed by atoms with E-state index in [1.807, 2.05) is 18.2 Å². The molecule has 5 heteroatoms. The van der Waals surface area contributed by atoms with Crippen molar-refractivity contribution in [1.29, 1.82) is 0 Å². The number of ether oxygens (including phenoxy) is 1. The summed E-state index contributed by atoms with van der Waals surface area (Å²) in [6.07, 6.45) is 0. The van der Waals surface area contributed by atoms with Crippen molar-refractivity contribution in [2.75, 3.05) is 0 Å². The number of para-hydroxylation sites is 1. The van der Waals surface area contributed by atoms with Gasteiger partial charge < -0.3 is 10.5 Å². The van der Waals surface area contributed by atoms with Crippen molar-refractivity contribution in [2.24, 2.45) is 5.73 Å². The van der Waals surface area contributed by atoms with E-state index < -0.39 is 11.7 Å². The van der Waals surface area contributed by atoms with Gasteiger partial charge in [-0.1, -0.05) is 18.2 Å². The molecular weight excluding hydrogens is 241 g/mol. The molecule has 2 rings (SSSR count). The first-order chi connectivity index (χ1) is 8.16. The Morgan fingerprint density at radius 2 is 2.06 bits per heavy atom. The summed E-state index contributed by atoms with van der Waals surface area (Å²) in [5.74, 6) is -0.430. The molecule has 1 amide bonds. The Labute approximate surface area is 102 Å². The lowest BCUT2D eigenvalue weighted by Gasteiger charge is -2.03. The van der Waals surface area contributed by atoms with Crippen LogP contribution in [0.1, 0.15) is 14.5 Å². The lowest BCUT2D eigenvalue weighted by molar-refractivity contribution is 0.100. The van der Waals surface area contributed by atoms with E-state index in [0.29, 0.717) is 10.6 Å². The molecule has 1 aromatic carbocycles. The molecule has 0 aliphatic rings. The quantitative estimate of drug-likeness (QED) is 0.908. The second-order valence-electron chi connectivity index (χ2n) is 3.35. The molecule has 3 nitrogen and oxygen atoms in total. The maximum absolute atomic E-state index is 13.4. The molecule has 0 atom stereocenters. The first kappa shape index (κ1) is 11.6. The summed E-state index contributed by atoms with van der Waals surface area (Å²) in [5, 5.41) is 0. The minimum absolute atomic E-state index is 0.0911. The zero-order chi connectivity index (χ0) is 12.3. The summed E-state index contributed by atoms with van der Waals surface area (Å²) in [6, 6.07) is 10.2. The number of carbonyl (C=O) groups excluding carboxylic acids is 1. The standard InChI is InChI=1S/C12H10FNO2S/c13-9-6-10(12(14)15)17-11(9)7-16-8-4-2-1-3-5-8/h1-6H,7H2,(H2,14,15). The van der Waals surface area contributed by atoms with Crippen LogP contribution in [0.4, 0.5) is 4.39 Å². The van der Waals surface area contributed by atoms with Crippen molar-refractivity contribution in [3.05, 3.63) is 52.0 Å². The van der Waals surface area contributed by atoms with Crippen molar-refractivity contribution >= 4 is 17.2 Å². The molecule has 0 saturated carbocycles. The van der Waals surface area contributed by atoms with Gasteiger partial charge in [-0.25, -0.2) is 4.39 Å². The number of primary amides is 1. The van der Waals surface area contributed by atoms with Gasteiger partial charge in [0.05, 0.1) is 9.75 Å². The molecule has 0 bridgehead atoms. The Hall–Kier alpha value is -1.88. The van der Waals surface area contributed by atoms with Gasteiger partial charge in [0.25, 0.3) is 5.91 Å². The fourth-order valence-electron chi connectivity index (χ4n) is 1.29. The van der Waals surface area contributed by atoms with E-state index in [4.69, 9.17) is 10.5 Å². The van der Waals surface area contributed by atoms with Gasteiger partial charge >= 0.3 is 0 Å². The lowest BCUT2D eigenvalue weighted by atomic mass is 10.3. The SMILES string of the molecule is NC(=O)c1cc(F)c(COc2ccccc2)s1. The van der Waals surface area contributed by atoms with E-state index in [1.54, 1.807) is 12.1 Å². The van der Waals surface area contributed by atoms with Gasteiger partial charge in [-0.2, -0.15) is 0 Å². The van der Waals surface area contributed by atoms with Gasteiger partial charge in [0.2, 0.25) is 0 Å². The number of nitrogens with two attached hydrogens (primary N) is 1. The number of thiophene rings is 1. The van der Waals surface area contributed by atoms with Crippen LogP contribution in [0.15, 0.2) is 36.4 Å². The molecule has 0 spiro atoms. The van der Waals surface area contributed by atoms with Crippen LogP contribution >= 0.6 is 11.3 Å². The van der Waals surface area contributed by atoms with E-state index in [-0.39, 0.29) is 11.5 Å². The van der Waals surface area contributed by atoms with Gasteiger partial charge in [0.1, 0.15) is 18.2 Å². The predicted octanol–water partition coefficient (Wildman–Crippen LogP) is 2.57. The highest BCUT2D eigenvalue weighted by Gasteiger charge is 2.12. The van der Waals surface area contributed by atoms with E-state index in [9.17, 15) is 9.18 Å². The fraction of sp³-hybridized carbons (Fsp3) is 0.0833. The number of benzene rings is 1. The predicted molar refractivity (Wildman–Crippen MR) is 63.6 cm³/mol. The highest BCUT2D eigenvalue weighted by Crippen LogP contribution is 2.22. The number of hydrogen-bond acceptors (Lipinski definition) is 3. The average Bonchev–Trinajstić information content (AvgIpc) is 2.70. The fourth-order valence-corrected chi connectivity index (χ4v) is 2.09. The van der Waals surface area contributed by atoms with Crippen molar-refractivity contribution in [1.82, 2.24) is 0 Å². The van der Waals surface area contributed by atoms with Gasteiger partial charge in [-0.05, 0) is 18.2 Å². The summed E-state index contributed by atoms with van der Waals surface area (Å²) in [6.45, 7) is 0.0911. The Kier molecular flexibility index (Phi) is 3.39. The lowest BCUT2D eigenvalue weighted by Crippen LogP contribution is -2.08. The van der Waals surface area contributed by atoms with Crippen LogP contribution in [0.5, 0.6) is 5.75 Å². The summed E-state index contributed by atoms with van der Waals surface area (Å²) in [5.41, 5.74) is 5.07. The van der Waals surface area contributed by atoms with Crippen molar-refractivity contribution in [3.63, 3.8) is 0 Å². The van der Waals surface area contributed by atoms with Gasteiger partial charge in [-0.15, -0.1) is 11.3 Å². The molecule has 0 aliphatic heterocycles. The van der Waals surface area contributed by atoms with Crippen LogP contribution in [0.2, 0.25) is 0 Å². The summed E-state index contributed by atoms with van der Waals surface area (Å²) >= 11 is 1.01. The second kappa shape index (κ2) is 4.97. The third kappa shape index (κ3) is 2.82. The zero-order valence-corrected chi connectivity index (χ0v) is 9.67. The van der Waals surface area contributed by atoms with E-state index in [0.717, 1.165) is 17.4 Å². The van der Waals surface area contributed by atoms with E-state index in [2.05, 4.69) is 0 Å². The molecule has 0 unspecified atom stereocenters. The zero-order valence-electron chi connectivity index (χ0n) is 8.85. The smallest absolute Gasteiger partial charge is 0.258 e. The minimum Gasteiger partial charge on any atom is -0.488 e. The van der Waals surface area contributed by atoms with Gasteiger partial charge in [0.15, 0.2) is 0 Å². The van der Waals surface area contributed by atoms with Gasteiger partial charge in [-0.3, -0.25) is 4.79 Å². The Balaban J connectivity index is 2.07. The summed E-state index contributed by atoms with van der Waals surface area (Å²) in [7, 11) is 0. The highest BCUT2D eigenvalue weighted by atomic mass is 32.1. The molecule has 1 heterocycles. The van der Waals surface area contributed by atoms with Crippen molar-refractivity contribution in [3.8, 4) is 5.75 Å². The molecular formula is C12H10FNO2S. The van der Waals surface area contributed by atoms with E-state index >= 15 is 0 Å². The number of halogens is 1. The monoisotopic (exact) mass is 251 g/mol. The van der Waals surface area contributed by atoms with Crippen molar-refractivity contribution < 1.29 is 13.9 Å². The number of carbonyl (C=O) groups is 1. The average molecular weight is 251 g/mol. The topological polar surface area (TPSA) is 52.3 Å². The largest absolute Gasteiger partial charge is 0.488 e. The Morgan fingerprint density at radius 1 is 1.35 bits per heavy atom. The number of amides is 1. The normalized spacial score (nSPS) is 10.2. The first-order valence-corrected chi connectivity index (χ1v) is 5.74. The third-order valence-corrected chi connectivity index (χ3v) is 3.21. The first-order valence-electron chi connectivity index (χ1n) is 4.92. The van der Waals surface area contributed by atoms with E-state index in [1.165, 1.54) is 0 Å². The highest BCUT2D eigenvalue weighted by molar-refractivity contribution is 7.14. The number of hydrogen-bond donors (Lipinski definition) is 1. The summed E-state index contributed by atoms with van der Waals surface area (Å²) in [4.78, 5) is 11.4. The molecule has 0 fully saturated rings. The van der Waals surface area contributed by atoms with Crippen LogP contribution in [0.3, 0.4) is 0 Å². The molecule has 1 aromatic heterocycles. The molecule has 2 aromatic rings. The second-order valence-corrected chi connectivity index (χ2v) is 4.48.